The average Bonchev–Trinajstić information content (AvgIpc) is 3.32. The summed E-state index contributed by atoms with van der Waals surface area (Å²) in [7, 11) is 0. The second-order valence-corrected chi connectivity index (χ2v) is 10.5. The van der Waals surface area contributed by atoms with E-state index in [0.717, 1.165) is 17.8 Å². The van der Waals surface area contributed by atoms with E-state index in [4.69, 9.17) is 4.74 Å². The Hall–Kier alpha value is -2.07. The summed E-state index contributed by atoms with van der Waals surface area (Å²) >= 11 is 1.64. The number of benzene rings is 2. The molecule has 1 aliphatic rings. The maximum atomic E-state index is 11.1. The number of thiazole rings is 1. The zero-order valence-electron chi connectivity index (χ0n) is 20.0. The van der Waals surface area contributed by atoms with Crippen molar-refractivity contribution >= 4 is 22.1 Å². The number of rotatable bonds is 10. The van der Waals surface area contributed by atoms with Gasteiger partial charge >= 0.3 is 0 Å². The van der Waals surface area contributed by atoms with Crippen LogP contribution in [0.5, 0.6) is 5.75 Å². The summed E-state index contributed by atoms with van der Waals surface area (Å²) in [5, 5.41) is 54.1. The minimum absolute atomic E-state index is 0.144. The van der Waals surface area contributed by atoms with Crippen LogP contribution < -0.4 is 0 Å². The van der Waals surface area contributed by atoms with Gasteiger partial charge in [-0.2, -0.15) is 0 Å². The fourth-order valence-electron chi connectivity index (χ4n) is 4.79. The number of phenolic OH excluding ortho intramolecular Hbond substituents is 1. The Morgan fingerprint density at radius 3 is 2.46 bits per heavy atom. The van der Waals surface area contributed by atoms with Gasteiger partial charge in [0.25, 0.3) is 0 Å². The van der Waals surface area contributed by atoms with Crippen LogP contribution in [0.4, 0.5) is 0 Å². The van der Waals surface area contributed by atoms with Crippen molar-refractivity contribution in [3.8, 4) is 5.75 Å². The molecule has 8 heteroatoms. The SMILES string of the molecule is CCCCCCCc1cnc(Cc2cc([C@@H]3O[C@H](CO)[C@@H](O)[C@H](O)[C@H]3O)c3ccccc3c2O)s1. The second-order valence-electron chi connectivity index (χ2n) is 9.33. The Morgan fingerprint density at radius 2 is 1.71 bits per heavy atom. The second kappa shape index (κ2) is 11.8. The molecule has 7 nitrogen and oxygen atoms in total. The third kappa shape index (κ3) is 5.69. The van der Waals surface area contributed by atoms with Gasteiger partial charge in [0, 0.05) is 28.4 Å². The molecule has 190 valence electrons. The van der Waals surface area contributed by atoms with Crippen molar-refractivity contribution in [2.24, 2.45) is 0 Å². The van der Waals surface area contributed by atoms with Gasteiger partial charge in [-0.3, -0.25) is 0 Å². The predicted molar refractivity (Wildman–Crippen MR) is 136 cm³/mol. The predicted octanol–water partition coefficient (Wildman–Crippen LogP) is 3.62. The number of aryl methyl sites for hydroxylation is 1. The van der Waals surface area contributed by atoms with Crippen molar-refractivity contribution in [2.45, 2.75) is 82.4 Å². The summed E-state index contributed by atoms with van der Waals surface area (Å²) < 4.78 is 5.84. The lowest BCUT2D eigenvalue weighted by atomic mass is 9.87. The molecule has 0 aliphatic carbocycles. The Kier molecular flexibility index (Phi) is 8.75. The van der Waals surface area contributed by atoms with Crippen molar-refractivity contribution in [3.05, 3.63) is 57.5 Å². The number of aromatic hydroxyl groups is 1. The lowest BCUT2D eigenvalue weighted by molar-refractivity contribution is -0.231. The Morgan fingerprint density at radius 1 is 0.971 bits per heavy atom. The summed E-state index contributed by atoms with van der Waals surface area (Å²) in [4.78, 5) is 5.80. The summed E-state index contributed by atoms with van der Waals surface area (Å²) in [6.45, 7) is 1.71. The Balaban J connectivity index is 1.61. The fourth-order valence-corrected chi connectivity index (χ4v) is 5.78. The van der Waals surface area contributed by atoms with Gasteiger partial charge in [-0.05, 0) is 29.9 Å². The monoisotopic (exact) mass is 501 g/mol. The van der Waals surface area contributed by atoms with Crippen LogP contribution in [0.25, 0.3) is 10.8 Å². The highest BCUT2D eigenvalue weighted by molar-refractivity contribution is 7.11. The lowest BCUT2D eigenvalue weighted by Gasteiger charge is -2.40. The topological polar surface area (TPSA) is 123 Å². The number of nitrogens with zero attached hydrogens (tertiary/aromatic N) is 1. The molecule has 0 unspecified atom stereocenters. The fraction of sp³-hybridized carbons (Fsp3) is 0.519. The molecule has 4 rings (SSSR count). The number of aliphatic hydroxyl groups is 4. The minimum atomic E-state index is -1.47. The van der Waals surface area contributed by atoms with Crippen LogP contribution >= 0.6 is 11.3 Å². The van der Waals surface area contributed by atoms with Gasteiger partial charge in [0.1, 0.15) is 36.3 Å². The zero-order valence-corrected chi connectivity index (χ0v) is 20.8. The van der Waals surface area contributed by atoms with Crippen molar-refractivity contribution in [1.82, 2.24) is 4.98 Å². The highest BCUT2D eigenvalue weighted by Crippen LogP contribution is 2.41. The van der Waals surface area contributed by atoms with Crippen molar-refractivity contribution in [1.29, 1.82) is 0 Å². The summed E-state index contributed by atoms with van der Waals surface area (Å²) in [5.41, 5.74) is 1.22. The van der Waals surface area contributed by atoms with E-state index in [-0.39, 0.29) is 5.75 Å². The van der Waals surface area contributed by atoms with Gasteiger partial charge in [0.2, 0.25) is 0 Å². The average molecular weight is 502 g/mol. The smallest absolute Gasteiger partial charge is 0.127 e. The number of hydrogen-bond donors (Lipinski definition) is 5. The third-order valence-corrected chi connectivity index (χ3v) is 7.85. The first-order chi connectivity index (χ1) is 16.9. The molecule has 5 atom stereocenters. The van der Waals surface area contributed by atoms with E-state index in [1.807, 2.05) is 24.4 Å². The van der Waals surface area contributed by atoms with Crippen LogP contribution in [-0.2, 0) is 17.6 Å². The first-order valence-corrected chi connectivity index (χ1v) is 13.2. The number of ether oxygens (including phenoxy) is 1. The normalized spacial score (nSPS) is 24.8. The van der Waals surface area contributed by atoms with E-state index >= 15 is 0 Å². The van der Waals surface area contributed by atoms with Gasteiger partial charge in [0.15, 0.2) is 0 Å². The molecular weight excluding hydrogens is 466 g/mol. The van der Waals surface area contributed by atoms with Gasteiger partial charge in [-0.1, -0.05) is 56.9 Å². The molecule has 0 spiro atoms. The molecule has 35 heavy (non-hydrogen) atoms. The number of unbranched alkanes of at least 4 members (excludes halogenated alkanes) is 4. The zero-order chi connectivity index (χ0) is 24.9. The summed E-state index contributed by atoms with van der Waals surface area (Å²) in [6, 6.07) is 9.03. The molecule has 3 aromatic rings. The van der Waals surface area contributed by atoms with Crippen molar-refractivity contribution in [2.75, 3.05) is 6.61 Å². The molecule has 1 aromatic heterocycles. The molecule has 2 aromatic carbocycles. The lowest BCUT2D eigenvalue weighted by Crippen LogP contribution is -2.55. The van der Waals surface area contributed by atoms with Crippen molar-refractivity contribution < 1.29 is 30.3 Å². The van der Waals surface area contributed by atoms with Gasteiger partial charge in [-0.25, -0.2) is 4.98 Å². The first kappa shape index (κ1) is 26.0. The molecule has 2 heterocycles. The van der Waals surface area contributed by atoms with Crippen LogP contribution in [0.15, 0.2) is 36.5 Å². The molecular formula is C27H35NO6S. The van der Waals surface area contributed by atoms with E-state index in [9.17, 15) is 25.5 Å². The number of phenols is 1. The third-order valence-electron chi connectivity index (χ3n) is 6.80. The van der Waals surface area contributed by atoms with Crippen LogP contribution in [0, 0.1) is 0 Å². The van der Waals surface area contributed by atoms with E-state index in [1.165, 1.54) is 30.6 Å². The number of aliphatic hydroxyl groups excluding tert-OH is 4. The molecule has 0 bridgehead atoms. The molecule has 1 aliphatic heterocycles. The standard InChI is InChI=1S/C27H35NO6S/c1-2-3-4-5-6-9-17-14-28-22(35-17)13-16-12-20(18-10-7-8-11-19(18)23(16)30)27-26(33)25(32)24(31)21(15-29)34-27/h7-8,10-12,14,21,24-27,29-33H,2-6,9,13,15H2,1H3/t21-,24-,25+,26-,27+/m1/s1. The molecule has 1 saturated heterocycles. The van der Waals surface area contributed by atoms with Gasteiger partial charge < -0.3 is 30.3 Å². The highest BCUT2D eigenvalue weighted by Gasteiger charge is 2.44. The molecule has 0 saturated carbocycles. The summed E-state index contributed by atoms with van der Waals surface area (Å²) in [6.07, 6.45) is 3.17. The van der Waals surface area contributed by atoms with E-state index in [2.05, 4.69) is 11.9 Å². The number of hydrogen-bond acceptors (Lipinski definition) is 8. The first-order valence-electron chi connectivity index (χ1n) is 12.4. The molecule has 0 radical (unpaired) electrons. The van der Waals surface area contributed by atoms with Crippen LogP contribution in [0.3, 0.4) is 0 Å². The van der Waals surface area contributed by atoms with Crippen molar-refractivity contribution in [3.63, 3.8) is 0 Å². The Bertz CT molecular complexity index is 1120. The van der Waals surface area contributed by atoms with Gasteiger partial charge in [-0.15, -0.1) is 11.3 Å². The van der Waals surface area contributed by atoms with Crippen LogP contribution in [0.2, 0.25) is 0 Å². The van der Waals surface area contributed by atoms with E-state index < -0.39 is 37.1 Å². The molecule has 5 N–H and O–H groups in total. The molecule has 1 fully saturated rings. The quantitative estimate of drug-likeness (QED) is 0.269. The maximum Gasteiger partial charge on any atom is 0.127 e. The largest absolute Gasteiger partial charge is 0.507 e. The van der Waals surface area contributed by atoms with Gasteiger partial charge in [0.05, 0.1) is 11.6 Å². The van der Waals surface area contributed by atoms with E-state index in [0.29, 0.717) is 28.3 Å². The number of aromatic nitrogens is 1. The van der Waals surface area contributed by atoms with E-state index in [1.54, 1.807) is 23.5 Å². The van der Waals surface area contributed by atoms with Crippen LogP contribution in [-0.4, -0.2) is 61.5 Å². The van der Waals surface area contributed by atoms with Crippen LogP contribution in [0.1, 0.15) is 66.1 Å². The minimum Gasteiger partial charge on any atom is -0.507 e. The Labute approximate surface area is 209 Å². The molecule has 0 amide bonds. The summed E-state index contributed by atoms with van der Waals surface area (Å²) in [5.74, 6) is 0.144. The number of fused-ring (bicyclic) bond motifs is 1. The maximum absolute atomic E-state index is 11.1. The highest BCUT2D eigenvalue weighted by atomic mass is 32.1.